The average molecular weight is 560 g/mol. The Morgan fingerprint density at radius 2 is 1.82 bits per heavy atom. The Hall–Kier alpha value is -3.04. The summed E-state index contributed by atoms with van der Waals surface area (Å²) in [5.41, 5.74) is 0.566. The van der Waals surface area contributed by atoms with Crippen molar-refractivity contribution < 1.29 is 23.2 Å². The monoisotopic (exact) mass is 559 g/mol. The van der Waals surface area contributed by atoms with E-state index in [1.807, 2.05) is 0 Å². The predicted molar refractivity (Wildman–Crippen MR) is 145 cm³/mol. The van der Waals surface area contributed by atoms with E-state index in [0.717, 1.165) is 26.2 Å². The molecule has 0 aliphatic carbocycles. The molecule has 10 heteroatoms. The van der Waals surface area contributed by atoms with Crippen molar-refractivity contribution in [1.29, 1.82) is 0 Å². The van der Waals surface area contributed by atoms with Crippen molar-refractivity contribution in [1.82, 2.24) is 10.2 Å². The minimum absolute atomic E-state index is 0.0459. The number of carbonyl (C=O) groups is 3. The first-order valence-corrected chi connectivity index (χ1v) is 13.8. The standard InChI is InChI=1S/C28H28ClF2N3O3S/c1-28(30,31)17-6-13-23-16(14-17)15-24(38-23)25(35)32-21-5-3-4-20-11-12-22(34(20)26(21)36)27(37)33(2)19-9-7-18(29)8-10-19/h6-10,13-15,20-22H,3-5,11-12H2,1-2H3,(H,32,35)/t20-,21+,22+/m1/s1. The zero-order chi connectivity index (χ0) is 27.2. The molecule has 38 heavy (non-hydrogen) atoms. The van der Waals surface area contributed by atoms with Gasteiger partial charge in [0.15, 0.2) is 0 Å². The number of rotatable bonds is 5. The highest BCUT2D eigenvalue weighted by atomic mass is 35.5. The van der Waals surface area contributed by atoms with Crippen LogP contribution in [0.2, 0.25) is 5.02 Å². The van der Waals surface area contributed by atoms with Crippen molar-refractivity contribution in [3.05, 3.63) is 64.0 Å². The van der Waals surface area contributed by atoms with Crippen LogP contribution >= 0.6 is 22.9 Å². The summed E-state index contributed by atoms with van der Waals surface area (Å²) in [6.45, 7) is 0.836. The molecule has 1 aromatic heterocycles. The van der Waals surface area contributed by atoms with Crippen LogP contribution in [0.1, 0.15) is 54.3 Å². The topological polar surface area (TPSA) is 69.7 Å². The van der Waals surface area contributed by atoms with Gasteiger partial charge in [0.05, 0.1) is 4.88 Å². The Morgan fingerprint density at radius 3 is 2.53 bits per heavy atom. The van der Waals surface area contributed by atoms with E-state index >= 15 is 0 Å². The second kappa shape index (κ2) is 10.3. The number of hydrogen-bond acceptors (Lipinski definition) is 4. The third-order valence-corrected chi connectivity index (χ3v) is 8.83. The van der Waals surface area contributed by atoms with E-state index in [2.05, 4.69) is 5.32 Å². The number of nitrogens with zero attached hydrogens (tertiary/aromatic N) is 2. The van der Waals surface area contributed by atoms with Crippen LogP contribution in [0.5, 0.6) is 0 Å². The normalized spacial score (nSPS) is 21.8. The van der Waals surface area contributed by atoms with Crippen LogP contribution in [0.3, 0.4) is 0 Å². The summed E-state index contributed by atoms with van der Waals surface area (Å²) in [6.07, 6.45) is 3.28. The van der Waals surface area contributed by atoms with Gasteiger partial charge in [-0.2, -0.15) is 0 Å². The smallest absolute Gasteiger partial charge is 0.270 e. The van der Waals surface area contributed by atoms with Gasteiger partial charge in [0.2, 0.25) is 11.8 Å². The first-order chi connectivity index (χ1) is 18.0. The lowest BCUT2D eigenvalue weighted by Gasteiger charge is -2.32. The minimum atomic E-state index is -2.98. The number of alkyl halides is 2. The van der Waals surface area contributed by atoms with Gasteiger partial charge in [-0.3, -0.25) is 14.4 Å². The highest BCUT2D eigenvalue weighted by Gasteiger charge is 2.45. The van der Waals surface area contributed by atoms with E-state index < -0.39 is 23.9 Å². The summed E-state index contributed by atoms with van der Waals surface area (Å²) in [6, 6.07) is 11.4. The van der Waals surface area contributed by atoms with Gasteiger partial charge in [-0.25, -0.2) is 8.78 Å². The first-order valence-electron chi connectivity index (χ1n) is 12.6. The number of halogens is 3. The fourth-order valence-corrected chi connectivity index (χ4v) is 6.48. The molecule has 0 spiro atoms. The molecular weight excluding hydrogens is 532 g/mol. The molecule has 5 rings (SSSR count). The van der Waals surface area contributed by atoms with E-state index in [1.54, 1.807) is 53.2 Å². The molecule has 0 unspecified atom stereocenters. The lowest BCUT2D eigenvalue weighted by molar-refractivity contribution is -0.140. The van der Waals surface area contributed by atoms with Crippen molar-refractivity contribution in [2.24, 2.45) is 0 Å². The summed E-state index contributed by atoms with van der Waals surface area (Å²) in [7, 11) is 1.68. The van der Waals surface area contributed by atoms with Crippen molar-refractivity contribution in [3.63, 3.8) is 0 Å². The number of benzene rings is 2. The van der Waals surface area contributed by atoms with Crippen LogP contribution in [-0.4, -0.2) is 47.8 Å². The molecule has 2 aliphatic rings. The number of thiophene rings is 1. The third kappa shape index (κ3) is 5.14. The van der Waals surface area contributed by atoms with E-state index in [9.17, 15) is 23.2 Å². The van der Waals surface area contributed by atoms with Gasteiger partial charge < -0.3 is 15.1 Å². The molecule has 0 radical (unpaired) electrons. The molecule has 2 saturated heterocycles. The molecule has 0 saturated carbocycles. The minimum Gasteiger partial charge on any atom is -0.340 e. The van der Waals surface area contributed by atoms with Crippen LogP contribution < -0.4 is 10.2 Å². The van der Waals surface area contributed by atoms with E-state index in [0.29, 0.717) is 38.5 Å². The predicted octanol–water partition coefficient (Wildman–Crippen LogP) is 5.97. The lowest BCUT2D eigenvalue weighted by Crippen LogP contribution is -2.54. The van der Waals surface area contributed by atoms with Gasteiger partial charge >= 0.3 is 0 Å². The largest absolute Gasteiger partial charge is 0.340 e. The Bertz CT molecular complexity index is 1390. The number of likely N-dealkylation sites (N-methyl/N-ethyl adjacent to an activating group) is 1. The SMILES string of the molecule is CN(C(=O)[C@@H]1CC[C@H]2CCC[C@H](NC(=O)c3cc4cc(C(C)(F)F)ccc4s3)C(=O)N21)c1ccc(Cl)cc1. The molecule has 6 nitrogen and oxygen atoms in total. The molecule has 3 atom stereocenters. The van der Waals surface area contributed by atoms with Crippen LogP contribution in [0.25, 0.3) is 10.1 Å². The Labute approximate surface area is 228 Å². The lowest BCUT2D eigenvalue weighted by atomic mass is 10.1. The van der Waals surface area contributed by atoms with Crippen LogP contribution in [-0.2, 0) is 15.5 Å². The third-order valence-electron chi connectivity index (χ3n) is 7.47. The summed E-state index contributed by atoms with van der Waals surface area (Å²) < 4.78 is 28.2. The first kappa shape index (κ1) is 26.6. The molecular formula is C28H28ClF2N3O3S. The zero-order valence-corrected chi connectivity index (χ0v) is 22.6. The molecule has 3 amide bonds. The fourth-order valence-electron chi connectivity index (χ4n) is 5.41. The van der Waals surface area contributed by atoms with Gasteiger partial charge in [0.25, 0.3) is 11.8 Å². The van der Waals surface area contributed by atoms with E-state index in [1.165, 1.54) is 23.5 Å². The molecule has 3 heterocycles. The Balaban J connectivity index is 1.33. The number of amides is 3. The Kier molecular flexibility index (Phi) is 7.17. The highest BCUT2D eigenvalue weighted by molar-refractivity contribution is 7.20. The zero-order valence-electron chi connectivity index (χ0n) is 21.0. The summed E-state index contributed by atoms with van der Waals surface area (Å²) in [4.78, 5) is 43.8. The van der Waals surface area contributed by atoms with Crippen molar-refractivity contribution >= 4 is 56.4 Å². The van der Waals surface area contributed by atoms with Crippen molar-refractivity contribution in [3.8, 4) is 0 Å². The molecule has 3 aromatic rings. The maximum Gasteiger partial charge on any atom is 0.270 e. The Morgan fingerprint density at radius 1 is 1.08 bits per heavy atom. The fraction of sp³-hybridized carbons (Fsp3) is 0.393. The average Bonchev–Trinajstić information content (AvgIpc) is 3.47. The van der Waals surface area contributed by atoms with E-state index in [-0.39, 0.29) is 23.4 Å². The number of carbonyl (C=O) groups excluding carboxylic acids is 3. The van der Waals surface area contributed by atoms with Gasteiger partial charge in [0, 0.05) is 41.0 Å². The quantitative estimate of drug-likeness (QED) is 0.419. The second-order valence-corrected chi connectivity index (χ2v) is 11.6. The van der Waals surface area contributed by atoms with Gasteiger partial charge in [-0.1, -0.05) is 17.7 Å². The summed E-state index contributed by atoms with van der Waals surface area (Å²) >= 11 is 7.18. The van der Waals surface area contributed by atoms with Crippen LogP contribution in [0, 0.1) is 0 Å². The van der Waals surface area contributed by atoms with Crippen molar-refractivity contribution in [2.45, 2.75) is 63.1 Å². The molecule has 1 N–H and O–H groups in total. The molecule has 2 fully saturated rings. The van der Waals surface area contributed by atoms with Crippen LogP contribution in [0.15, 0.2) is 48.5 Å². The van der Waals surface area contributed by atoms with Gasteiger partial charge in [-0.15, -0.1) is 11.3 Å². The van der Waals surface area contributed by atoms with Gasteiger partial charge in [-0.05, 0) is 80.0 Å². The summed E-state index contributed by atoms with van der Waals surface area (Å²) in [5, 5.41) is 3.99. The molecule has 0 bridgehead atoms. The molecule has 200 valence electrons. The van der Waals surface area contributed by atoms with Crippen molar-refractivity contribution in [2.75, 3.05) is 11.9 Å². The highest BCUT2D eigenvalue weighted by Crippen LogP contribution is 2.35. The second-order valence-electron chi connectivity index (χ2n) is 10.1. The van der Waals surface area contributed by atoms with Crippen LogP contribution in [0.4, 0.5) is 14.5 Å². The summed E-state index contributed by atoms with van der Waals surface area (Å²) in [5.74, 6) is -3.83. The maximum absolute atomic E-state index is 13.7. The number of hydrogen-bond donors (Lipinski definition) is 1. The van der Waals surface area contributed by atoms with E-state index in [4.69, 9.17) is 11.6 Å². The maximum atomic E-state index is 13.7. The van der Waals surface area contributed by atoms with Gasteiger partial charge in [0.1, 0.15) is 12.1 Å². The number of anilines is 1. The number of nitrogens with one attached hydrogen (secondary N) is 1. The molecule has 2 aliphatic heterocycles. The number of fused-ring (bicyclic) bond motifs is 2. The molecule has 2 aromatic carbocycles.